The number of hydrogen-bond donors (Lipinski definition) is 0. The van der Waals surface area contributed by atoms with Crippen molar-refractivity contribution in [1.29, 1.82) is 0 Å². The van der Waals surface area contributed by atoms with Gasteiger partial charge in [0, 0.05) is 41.4 Å². The second kappa shape index (κ2) is 5.05. The second-order valence-electron chi connectivity index (χ2n) is 3.66. The summed E-state index contributed by atoms with van der Waals surface area (Å²) in [6.07, 6.45) is -0.152. The van der Waals surface area contributed by atoms with E-state index in [1.807, 2.05) is 13.8 Å². The van der Waals surface area contributed by atoms with Crippen LogP contribution in [0.3, 0.4) is 0 Å². The zero-order valence-electron chi connectivity index (χ0n) is 8.33. The minimum Gasteiger partial charge on any atom is -0.296 e. The zero-order chi connectivity index (χ0) is 9.84. The number of hydrogen-bond acceptors (Lipinski definition) is 2. The number of alkyl halides is 1. The Kier molecular flexibility index (Phi) is 4.32. The normalized spacial score (nSPS) is 33.2. The summed E-state index contributed by atoms with van der Waals surface area (Å²) >= 11 is 0. The molecule has 0 radical (unpaired) electrons. The summed E-state index contributed by atoms with van der Waals surface area (Å²) in [5.41, 5.74) is 0. The molecule has 1 fully saturated rings. The van der Waals surface area contributed by atoms with Gasteiger partial charge in [-0.05, 0) is 13.3 Å². The van der Waals surface area contributed by atoms with E-state index in [9.17, 15) is 8.60 Å². The van der Waals surface area contributed by atoms with Gasteiger partial charge in [-0.3, -0.25) is 9.11 Å². The molecule has 1 rings (SSSR count). The van der Waals surface area contributed by atoms with Crippen LogP contribution in [0.25, 0.3) is 0 Å². The highest BCUT2D eigenvalue weighted by atomic mass is 32.2. The highest BCUT2D eigenvalue weighted by molar-refractivity contribution is 7.85. The molecule has 0 aliphatic carbocycles. The summed E-state index contributed by atoms with van der Waals surface area (Å²) in [6, 6.07) is 0.277. The monoisotopic (exact) mass is 207 g/mol. The van der Waals surface area contributed by atoms with E-state index in [1.165, 1.54) is 0 Å². The second-order valence-corrected chi connectivity index (χ2v) is 5.28. The summed E-state index contributed by atoms with van der Waals surface area (Å²) in [5, 5.41) is 0. The van der Waals surface area contributed by atoms with Crippen LogP contribution in [-0.4, -0.2) is 45.9 Å². The third-order valence-electron chi connectivity index (χ3n) is 2.53. The van der Waals surface area contributed by atoms with Gasteiger partial charge in [-0.1, -0.05) is 6.92 Å². The Balaban J connectivity index is 2.37. The van der Waals surface area contributed by atoms with Gasteiger partial charge in [0.1, 0.15) is 6.17 Å². The van der Waals surface area contributed by atoms with Crippen LogP contribution in [0.15, 0.2) is 0 Å². The molecule has 13 heavy (non-hydrogen) atoms. The molecular weight excluding hydrogens is 189 g/mol. The van der Waals surface area contributed by atoms with Crippen molar-refractivity contribution in [3.63, 3.8) is 0 Å². The minimum atomic E-state index is -0.728. The molecule has 1 saturated heterocycles. The molecule has 0 aromatic carbocycles. The van der Waals surface area contributed by atoms with E-state index in [2.05, 4.69) is 4.90 Å². The van der Waals surface area contributed by atoms with Gasteiger partial charge in [0.05, 0.1) is 0 Å². The molecule has 0 saturated carbocycles. The lowest BCUT2D eigenvalue weighted by Crippen LogP contribution is -2.47. The molecule has 0 aromatic rings. The topological polar surface area (TPSA) is 20.3 Å². The molecule has 1 heterocycles. The Morgan fingerprint density at radius 2 is 2.38 bits per heavy atom. The van der Waals surface area contributed by atoms with Crippen LogP contribution in [-0.2, 0) is 10.8 Å². The van der Waals surface area contributed by atoms with E-state index in [-0.39, 0.29) is 6.04 Å². The van der Waals surface area contributed by atoms with Crippen LogP contribution in [0.5, 0.6) is 0 Å². The molecule has 1 aliphatic heterocycles. The molecule has 78 valence electrons. The van der Waals surface area contributed by atoms with E-state index in [0.29, 0.717) is 24.5 Å². The van der Waals surface area contributed by atoms with Gasteiger partial charge in [-0.15, -0.1) is 0 Å². The molecular formula is C9H18FNOS. The van der Waals surface area contributed by atoms with Crippen LogP contribution in [0, 0.1) is 0 Å². The first-order valence-corrected chi connectivity index (χ1v) is 6.35. The molecule has 0 aromatic heterocycles. The van der Waals surface area contributed by atoms with E-state index in [4.69, 9.17) is 0 Å². The van der Waals surface area contributed by atoms with Gasteiger partial charge in [0.25, 0.3) is 0 Å². The Bertz CT molecular complexity index is 188. The average molecular weight is 207 g/mol. The van der Waals surface area contributed by atoms with Gasteiger partial charge >= 0.3 is 0 Å². The zero-order valence-corrected chi connectivity index (χ0v) is 9.15. The maximum absolute atomic E-state index is 13.1. The third kappa shape index (κ3) is 3.35. The summed E-state index contributed by atoms with van der Waals surface area (Å²) in [7, 11) is -0.672. The van der Waals surface area contributed by atoms with Crippen molar-refractivity contribution in [3.8, 4) is 0 Å². The van der Waals surface area contributed by atoms with E-state index in [0.717, 1.165) is 6.54 Å². The first-order valence-electron chi connectivity index (χ1n) is 4.86. The Hall–Kier alpha value is 0.0400. The van der Waals surface area contributed by atoms with Crippen molar-refractivity contribution in [3.05, 3.63) is 0 Å². The molecule has 1 aliphatic rings. The number of nitrogens with zero attached hydrogens (tertiary/aromatic N) is 1. The molecule has 0 N–H and O–H groups in total. The standard InChI is InChI=1S/C9H18FNOS/c1-3-9(10)6-11-4-5-13(12)7-8(11)2/h8-9H,3-7H2,1-2H3. The molecule has 3 atom stereocenters. The van der Waals surface area contributed by atoms with Crippen LogP contribution < -0.4 is 0 Å². The summed E-state index contributed by atoms with van der Waals surface area (Å²) in [5.74, 6) is 1.41. The van der Waals surface area contributed by atoms with Crippen LogP contribution in [0.4, 0.5) is 4.39 Å². The fourth-order valence-corrected chi connectivity index (χ4v) is 2.91. The highest BCUT2D eigenvalue weighted by Crippen LogP contribution is 2.11. The summed E-state index contributed by atoms with van der Waals surface area (Å²) < 4.78 is 24.2. The fraction of sp³-hybridized carbons (Fsp3) is 1.00. The van der Waals surface area contributed by atoms with Crippen molar-refractivity contribution >= 4 is 10.8 Å². The van der Waals surface area contributed by atoms with Gasteiger partial charge < -0.3 is 0 Å². The average Bonchev–Trinajstić information content (AvgIpc) is 2.09. The van der Waals surface area contributed by atoms with Gasteiger partial charge in [0.15, 0.2) is 0 Å². The van der Waals surface area contributed by atoms with E-state index >= 15 is 0 Å². The lowest BCUT2D eigenvalue weighted by Gasteiger charge is -2.33. The largest absolute Gasteiger partial charge is 0.296 e. The van der Waals surface area contributed by atoms with Crippen molar-refractivity contribution in [1.82, 2.24) is 4.90 Å². The van der Waals surface area contributed by atoms with Gasteiger partial charge in [0.2, 0.25) is 0 Å². The van der Waals surface area contributed by atoms with Gasteiger partial charge in [-0.25, -0.2) is 4.39 Å². The van der Waals surface area contributed by atoms with Gasteiger partial charge in [-0.2, -0.15) is 0 Å². The van der Waals surface area contributed by atoms with E-state index in [1.54, 1.807) is 0 Å². The highest BCUT2D eigenvalue weighted by Gasteiger charge is 2.24. The van der Waals surface area contributed by atoms with Crippen molar-refractivity contribution < 1.29 is 8.60 Å². The first kappa shape index (κ1) is 11.1. The first-order chi connectivity index (χ1) is 6.13. The molecule has 0 bridgehead atoms. The number of rotatable bonds is 3. The van der Waals surface area contributed by atoms with Crippen LogP contribution >= 0.6 is 0 Å². The Morgan fingerprint density at radius 3 is 2.92 bits per heavy atom. The molecule has 3 unspecified atom stereocenters. The smallest absolute Gasteiger partial charge is 0.112 e. The predicted octanol–water partition coefficient (Wildman–Crippen LogP) is 1.19. The molecule has 0 amide bonds. The predicted molar refractivity (Wildman–Crippen MR) is 54.1 cm³/mol. The SMILES string of the molecule is CCC(F)CN1CCS(=O)CC1C. The van der Waals surface area contributed by atoms with Crippen molar-refractivity contribution in [2.24, 2.45) is 0 Å². The van der Waals surface area contributed by atoms with Crippen LogP contribution in [0.2, 0.25) is 0 Å². The molecule has 2 nitrogen and oxygen atoms in total. The van der Waals surface area contributed by atoms with Crippen molar-refractivity contribution in [2.45, 2.75) is 32.5 Å². The third-order valence-corrected chi connectivity index (χ3v) is 4.02. The number of halogens is 1. The fourth-order valence-electron chi connectivity index (χ4n) is 1.55. The quantitative estimate of drug-likeness (QED) is 0.693. The van der Waals surface area contributed by atoms with Crippen molar-refractivity contribution in [2.75, 3.05) is 24.6 Å². The molecule has 4 heteroatoms. The minimum absolute atomic E-state index is 0.277. The maximum atomic E-state index is 13.1. The van der Waals surface area contributed by atoms with E-state index < -0.39 is 17.0 Å². The van der Waals surface area contributed by atoms with Crippen LogP contribution in [0.1, 0.15) is 20.3 Å². The Morgan fingerprint density at radius 1 is 1.69 bits per heavy atom. The summed E-state index contributed by atoms with van der Waals surface area (Å²) in [6.45, 7) is 5.18. The molecule has 0 spiro atoms. The summed E-state index contributed by atoms with van der Waals surface area (Å²) in [4.78, 5) is 2.11. The lowest BCUT2D eigenvalue weighted by atomic mass is 10.2. The maximum Gasteiger partial charge on any atom is 0.112 e. The lowest BCUT2D eigenvalue weighted by molar-refractivity contribution is 0.161. The Labute approximate surface area is 82.0 Å².